The summed E-state index contributed by atoms with van der Waals surface area (Å²) >= 11 is 5.04. The molecular formula is C31H31NS. The molecular weight excluding hydrogens is 418 g/mol. The molecule has 33 heavy (non-hydrogen) atoms. The van der Waals surface area contributed by atoms with Crippen LogP contribution in [-0.2, 0) is 10.8 Å². The van der Waals surface area contributed by atoms with E-state index in [0.717, 1.165) is 16.1 Å². The first-order valence-electron chi connectivity index (χ1n) is 11.4. The molecule has 0 amide bonds. The second kappa shape index (κ2) is 9.41. The fourth-order valence-electron chi connectivity index (χ4n) is 4.28. The third kappa shape index (κ3) is 4.82. The molecule has 0 radical (unpaired) electrons. The van der Waals surface area contributed by atoms with Crippen molar-refractivity contribution in [1.82, 2.24) is 0 Å². The van der Waals surface area contributed by atoms with Crippen LogP contribution in [-0.4, -0.2) is 6.21 Å². The van der Waals surface area contributed by atoms with Crippen LogP contribution in [0, 0.1) is 0 Å². The molecule has 0 aliphatic rings. The summed E-state index contributed by atoms with van der Waals surface area (Å²) in [7, 11) is 0. The number of hydrogen-bond acceptors (Lipinski definition) is 2. The number of para-hydroxylation sites is 1. The molecule has 1 nitrogen and oxygen atoms in total. The Labute approximate surface area is 203 Å². The Morgan fingerprint density at radius 2 is 1.09 bits per heavy atom. The van der Waals surface area contributed by atoms with E-state index < -0.39 is 0 Å². The normalized spacial score (nSPS) is 12.3. The Bertz CT molecular complexity index is 1240. The van der Waals surface area contributed by atoms with Crippen LogP contribution in [0.15, 0.2) is 113 Å². The maximum Gasteiger partial charge on any atom is 0.0629 e. The van der Waals surface area contributed by atoms with Crippen LogP contribution >= 0.6 is 12.6 Å². The van der Waals surface area contributed by atoms with Crippen LogP contribution in [0.3, 0.4) is 0 Å². The lowest BCUT2D eigenvalue weighted by atomic mass is 9.72. The molecule has 0 saturated carbocycles. The molecule has 0 aromatic heterocycles. The first-order chi connectivity index (χ1) is 15.8. The SMILES string of the molecule is CC(C)(c1ccccc1)c1cc(C=Nc2ccccc2)c(S)c(C(C)(C)c2ccccc2)c1. The molecule has 0 heterocycles. The lowest BCUT2D eigenvalue weighted by Gasteiger charge is -2.32. The van der Waals surface area contributed by atoms with Crippen molar-refractivity contribution < 1.29 is 0 Å². The Morgan fingerprint density at radius 3 is 1.64 bits per heavy atom. The van der Waals surface area contributed by atoms with Gasteiger partial charge in [0.15, 0.2) is 0 Å². The lowest BCUT2D eigenvalue weighted by molar-refractivity contribution is 0.607. The molecule has 0 saturated heterocycles. The van der Waals surface area contributed by atoms with E-state index in [1.807, 2.05) is 36.5 Å². The highest BCUT2D eigenvalue weighted by Crippen LogP contribution is 2.41. The van der Waals surface area contributed by atoms with Crippen LogP contribution in [0.1, 0.15) is 55.5 Å². The second-order valence-corrected chi connectivity index (χ2v) is 9.98. The third-order valence-electron chi connectivity index (χ3n) is 6.63. The summed E-state index contributed by atoms with van der Waals surface area (Å²) in [6.07, 6.45) is 1.95. The summed E-state index contributed by atoms with van der Waals surface area (Å²) in [5, 5.41) is 0. The number of rotatable bonds is 6. The summed E-state index contributed by atoms with van der Waals surface area (Å²) < 4.78 is 0. The van der Waals surface area contributed by atoms with E-state index >= 15 is 0 Å². The standard InChI is InChI=1S/C31H31NS/c1-30(2,24-14-8-5-9-15-24)26-20-23(22-32-27-18-12-7-13-19-27)29(33)28(21-26)31(3,4)25-16-10-6-11-17-25/h5-22,33H,1-4H3. The predicted molar refractivity (Wildman–Crippen MR) is 145 cm³/mol. The Morgan fingerprint density at radius 1 is 0.606 bits per heavy atom. The van der Waals surface area contributed by atoms with Gasteiger partial charge in [-0.05, 0) is 40.5 Å². The van der Waals surface area contributed by atoms with Crippen molar-refractivity contribution in [3.63, 3.8) is 0 Å². The van der Waals surface area contributed by atoms with Gasteiger partial charge in [0.25, 0.3) is 0 Å². The highest BCUT2D eigenvalue weighted by Gasteiger charge is 2.30. The zero-order chi connectivity index (χ0) is 23.5. The largest absolute Gasteiger partial charge is 0.256 e. The van der Waals surface area contributed by atoms with Gasteiger partial charge in [0.05, 0.1) is 5.69 Å². The van der Waals surface area contributed by atoms with E-state index in [1.54, 1.807) is 0 Å². The van der Waals surface area contributed by atoms with Gasteiger partial charge in [-0.25, -0.2) is 0 Å². The minimum Gasteiger partial charge on any atom is -0.256 e. The summed E-state index contributed by atoms with van der Waals surface area (Å²) in [5.41, 5.74) is 6.58. The third-order valence-corrected chi connectivity index (χ3v) is 7.13. The molecule has 4 aromatic rings. The predicted octanol–water partition coefficient (Wildman–Crippen LogP) is 8.38. The van der Waals surface area contributed by atoms with Gasteiger partial charge in [0, 0.05) is 27.5 Å². The number of hydrogen-bond donors (Lipinski definition) is 1. The first-order valence-corrected chi connectivity index (χ1v) is 11.8. The van der Waals surface area contributed by atoms with E-state index in [-0.39, 0.29) is 10.8 Å². The zero-order valence-corrected chi connectivity index (χ0v) is 20.7. The Balaban J connectivity index is 1.91. The average molecular weight is 450 g/mol. The van der Waals surface area contributed by atoms with Crippen LogP contribution < -0.4 is 0 Å². The van der Waals surface area contributed by atoms with Gasteiger partial charge in [-0.2, -0.15) is 0 Å². The van der Waals surface area contributed by atoms with Crippen molar-refractivity contribution in [1.29, 1.82) is 0 Å². The van der Waals surface area contributed by atoms with Crippen LogP contribution in [0.5, 0.6) is 0 Å². The van der Waals surface area contributed by atoms with Crippen molar-refractivity contribution in [3.05, 3.63) is 131 Å². The van der Waals surface area contributed by atoms with Gasteiger partial charge < -0.3 is 0 Å². The van der Waals surface area contributed by atoms with E-state index in [9.17, 15) is 0 Å². The fourth-order valence-corrected chi connectivity index (χ4v) is 4.75. The minimum atomic E-state index is -0.212. The van der Waals surface area contributed by atoms with E-state index in [0.29, 0.717) is 0 Å². The molecule has 0 aliphatic carbocycles. The topological polar surface area (TPSA) is 12.4 Å². The van der Waals surface area contributed by atoms with Gasteiger partial charge in [-0.15, -0.1) is 12.6 Å². The monoisotopic (exact) mass is 449 g/mol. The van der Waals surface area contributed by atoms with Crippen molar-refractivity contribution in [2.24, 2.45) is 4.99 Å². The first kappa shape index (κ1) is 23.1. The molecule has 0 atom stereocenters. The number of benzene rings is 4. The summed E-state index contributed by atoms with van der Waals surface area (Å²) in [4.78, 5) is 5.72. The molecule has 0 spiro atoms. The smallest absolute Gasteiger partial charge is 0.0629 e. The van der Waals surface area contributed by atoms with Crippen LogP contribution in [0.4, 0.5) is 5.69 Å². The van der Waals surface area contributed by atoms with Crippen LogP contribution in [0.25, 0.3) is 0 Å². The molecule has 0 unspecified atom stereocenters. The van der Waals surface area contributed by atoms with Crippen molar-refractivity contribution in [2.75, 3.05) is 0 Å². The van der Waals surface area contributed by atoms with Gasteiger partial charge >= 0.3 is 0 Å². The molecule has 2 heteroatoms. The van der Waals surface area contributed by atoms with E-state index in [2.05, 4.69) is 100 Å². The highest BCUT2D eigenvalue weighted by atomic mass is 32.1. The molecule has 0 aliphatic heterocycles. The fraction of sp³-hybridized carbons (Fsp3) is 0.194. The summed E-state index contributed by atoms with van der Waals surface area (Å²) in [6, 6.07) is 36.0. The molecule has 0 bridgehead atoms. The maximum atomic E-state index is 5.04. The number of thiol groups is 1. The molecule has 4 aromatic carbocycles. The van der Waals surface area contributed by atoms with E-state index in [1.165, 1.54) is 22.3 Å². The maximum absolute atomic E-state index is 5.04. The van der Waals surface area contributed by atoms with Gasteiger partial charge in [-0.3, -0.25) is 4.99 Å². The van der Waals surface area contributed by atoms with Gasteiger partial charge in [0.1, 0.15) is 0 Å². The van der Waals surface area contributed by atoms with Crippen molar-refractivity contribution in [3.8, 4) is 0 Å². The van der Waals surface area contributed by atoms with Crippen molar-refractivity contribution >= 4 is 24.5 Å². The highest BCUT2D eigenvalue weighted by molar-refractivity contribution is 7.80. The number of aliphatic imine (C=N–C) groups is 1. The quantitative estimate of drug-likeness (QED) is 0.224. The second-order valence-electron chi connectivity index (χ2n) is 9.54. The summed E-state index contributed by atoms with van der Waals surface area (Å²) in [5.74, 6) is 0. The van der Waals surface area contributed by atoms with Gasteiger partial charge in [0.2, 0.25) is 0 Å². The van der Waals surface area contributed by atoms with Gasteiger partial charge in [-0.1, -0.05) is 113 Å². The molecule has 0 N–H and O–H groups in total. The molecule has 0 fully saturated rings. The minimum absolute atomic E-state index is 0.167. The lowest BCUT2D eigenvalue weighted by Crippen LogP contribution is -2.24. The Hall–Kier alpha value is -3.10. The number of nitrogens with zero attached hydrogens (tertiary/aromatic N) is 1. The molecule has 166 valence electrons. The summed E-state index contributed by atoms with van der Waals surface area (Å²) in [6.45, 7) is 9.12. The Kier molecular flexibility index (Phi) is 6.58. The molecule has 4 rings (SSSR count). The average Bonchev–Trinajstić information content (AvgIpc) is 2.85. The van der Waals surface area contributed by atoms with E-state index in [4.69, 9.17) is 17.6 Å². The van der Waals surface area contributed by atoms with Crippen LogP contribution in [0.2, 0.25) is 0 Å². The zero-order valence-electron chi connectivity index (χ0n) is 19.8. The van der Waals surface area contributed by atoms with Crippen molar-refractivity contribution in [2.45, 2.75) is 43.4 Å².